The van der Waals surface area contributed by atoms with E-state index in [9.17, 15) is 0 Å². The van der Waals surface area contributed by atoms with Crippen LogP contribution in [0.3, 0.4) is 0 Å². The zero-order valence-electron chi connectivity index (χ0n) is 9.93. The largest absolute Gasteiger partial charge is 0.306 e. The Morgan fingerprint density at radius 1 is 1.00 bits per heavy atom. The first-order valence-electron chi connectivity index (χ1n) is 5.72. The molecule has 0 saturated heterocycles. The van der Waals surface area contributed by atoms with Gasteiger partial charge in [-0.25, -0.2) is 0 Å². The highest BCUT2D eigenvalue weighted by molar-refractivity contribution is 5.81. The van der Waals surface area contributed by atoms with Crippen molar-refractivity contribution in [1.29, 1.82) is 0 Å². The third-order valence-corrected chi connectivity index (χ3v) is 2.61. The fourth-order valence-corrected chi connectivity index (χ4v) is 1.58. The Labute approximate surface area is 102 Å². The van der Waals surface area contributed by atoms with E-state index in [0.717, 1.165) is 12.1 Å². The lowest BCUT2D eigenvalue weighted by Gasteiger charge is -2.01. The van der Waals surface area contributed by atoms with Gasteiger partial charge in [0.2, 0.25) is 0 Å². The van der Waals surface area contributed by atoms with E-state index in [-0.39, 0.29) is 0 Å². The van der Waals surface area contributed by atoms with Crippen LogP contribution in [0, 0.1) is 6.92 Å². The van der Waals surface area contributed by atoms with Crippen molar-refractivity contribution >= 4 is 6.21 Å². The van der Waals surface area contributed by atoms with Crippen molar-refractivity contribution in [1.82, 2.24) is 5.43 Å². The smallest absolute Gasteiger partial charge is 0.0580 e. The third kappa shape index (κ3) is 3.45. The van der Waals surface area contributed by atoms with E-state index < -0.39 is 0 Å². The van der Waals surface area contributed by atoms with Crippen LogP contribution in [0.2, 0.25) is 0 Å². The maximum atomic E-state index is 4.22. The Balaban J connectivity index is 1.89. The first-order chi connectivity index (χ1) is 8.36. The molecule has 0 saturated carbocycles. The normalized spacial score (nSPS) is 10.6. The quantitative estimate of drug-likeness (QED) is 0.626. The van der Waals surface area contributed by atoms with Gasteiger partial charge in [0.15, 0.2) is 0 Å². The summed E-state index contributed by atoms with van der Waals surface area (Å²) < 4.78 is 0. The minimum Gasteiger partial charge on any atom is -0.306 e. The van der Waals surface area contributed by atoms with Crippen LogP contribution in [0.15, 0.2) is 59.7 Å². The molecule has 0 amide bonds. The number of hydrogen-bond donors (Lipinski definition) is 1. The van der Waals surface area contributed by atoms with Crippen molar-refractivity contribution in [2.75, 3.05) is 0 Å². The number of aryl methyl sites for hydroxylation is 1. The summed E-state index contributed by atoms with van der Waals surface area (Å²) >= 11 is 0. The minimum absolute atomic E-state index is 0.753. The monoisotopic (exact) mass is 224 g/mol. The molecule has 0 aliphatic rings. The summed E-state index contributed by atoms with van der Waals surface area (Å²) in [5.74, 6) is 0. The average molecular weight is 224 g/mol. The Morgan fingerprint density at radius 3 is 2.47 bits per heavy atom. The molecule has 0 aliphatic carbocycles. The van der Waals surface area contributed by atoms with Gasteiger partial charge in [0.1, 0.15) is 0 Å². The molecule has 0 bridgehead atoms. The first kappa shape index (κ1) is 11.4. The van der Waals surface area contributed by atoms with Crippen LogP contribution in [0.25, 0.3) is 0 Å². The average Bonchev–Trinajstić information content (AvgIpc) is 2.38. The molecule has 2 aromatic rings. The highest BCUT2D eigenvalue weighted by Gasteiger charge is 1.91. The van der Waals surface area contributed by atoms with E-state index in [1.165, 1.54) is 11.1 Å². The van der Waals surface area contributed by atoms with Crippen LogP contribution in [0.5, 0.6) is 0 Å². The highest BCUT2D eigenvalue weighted by Crippen LogP contribution is 2.03. The number of hydrogen-bond acceptors (Lipinski definition) is 2. The SMILES string of the molecule is Cc1ccccc1C=NNCc1ccccc1. The zero-order valence-corrected chi connectivity index (χ0v) is 9.93. The number of hydrazone groups is 1. The maximum absolute atomic E-state index is 4.22. The van der Waals surface area contributed by atoms with Gasteiger partial charge in [-0.1, -0.05) is 54.6 Å². The molecule has 17 heavy (non-hydrogen) atoms. The lowest BCUT2D eigenvalue weighted by atomic mass is 10.1. The van der Waals surface area contributed by atoms with Crippen molar-refractivity contribution in [3.8, 4) is 0 Å². The molecule has 0 unspecified atom stereocenters. The maximum Gasteiger partial charge on any atom is 0.0580 e. The molecule has 0 radical (unpaired) electrons. The molecule has 0 heterocycles. The molecule has 2 aromatic carbocycles. The van der Waals surface area contributed by atoms with Crippen LogP contribution in [-0.4, -0.2) is 6.21 Å². The van der Waals surface area contributed by atoms with Crippen molar-refractivity contribution in [2.24, 2.45) is 5.10 Å². The Morgan fingerprint density at radius 2 is 1.71 bits per heavy atom. The molecule has 2 rings (SSSR count). The molecule has 0 fully saturated rings. The molecule has 0 aromatic heterocycles. The van der Waals surface area contributed by atoms with Gasteiger partial charge >= 0.3 is 0 Å². The zero-order chi connectivity index (χ0) is 11.9. The Hall–Kier alpha value is -2.09. The van der Waals surface area contributed by atoms with Crippen molar-refractivity contribution in [2.45, 2.75) is 13.5 Å². The van der Waals surface area contributed by atoms with Crippen LogP contribution >= 0.6 is 0 Å². The van der Waals surface area contributed by atoms with Gasteiger partial charge in [0, 0.05) is 0 Å². The molecule has 2 heteroatoms. The second-order valence-corrected chi connectivity index (χ2v) is 3.94. The first-order valence-corrected chi connectivity index (χ1v) is 5.72. The number of nitrogens with zero attached hydrogens (tertiary/aromatic N) is 1. The molecule has 2 nitrogen and oxygen atoms in total. The molecule has 0 atom stereocenters. The van der Waals surface area contributed by atoms with Crippen LogP contribution < -0.4 is 5.43 Å². The minimum atomic E-state index is 0.753. The van der Waals surface area contributed by atoms with E-state index in [1.807, 2.05) is 36.5 Å². The fourth-order valence-electron chi connectivity index (χ4n) is 1.58. The lowest BCUT2D eigenvalue weighted by molar-refractivity contribution is 0.748. The van der Waals surface area contributed by atoms with Gasteiger partial charge < -0.3 is 5.43 Å². The standard InChI is InChI=1S/C15H16N2/c1-13-7-5-6-10-15(13)12-17-16-11-14-8-3-2-4-9-14/h2-10,12,16H,11H2,1H3. The van der Waals surface area contributed by atoms with Crippen LogP contribution in [0.1, 0.15) is 16.7 Å². The van der Waals surface area contributed by atoms with Gasteiger partial charge in [-0.15, -0.1) is 0 Å². The number of rotatable bonds is 4. The molecule has 0 aliphatic heterocycles. The van der Waals surface area contributed by atoms with Crippen LogP contribution in [0.4, 0.5) is 0 Å². The topological polar surface area (TPSA) is 24.4 Å². The third-order valence-electron chi connectivity index (χ3n) is 2.61. The molecule has 1 N–H and O–H groups in total. The molecular weight excluding hydrogens is 208 g/mol. The summed E-state index contributed by atoms with van der Waals surface area (Å²) in [6, 6.07) is 18.4. The van der Waals surface area contributed by atoms with Crippen molar-refractivity contribution < 1.29 is 0 Å². The second-order valence-electron chi connectivity index (χ2n) is 3.94. The lowest BCUT2D eigenvalue weighted by Crippen LogP contribution is -2.05. The van der Waals surface area contributed by atoms with Crippen molar-refractivity contribution in [3.63, 3.8) is 0 Å². The number of benzene rings is 2. The van der Waals surface area contributed by atoms with Gasteiger partial charge in [-0.05, 0) is 23.6 Å². The predicted octanol–water partition coefficient (Wildman–Crippen LogP) is 3.12. The van der Waals surface area contributed by atoms with Crippen LogP contribution in [-0.2, 0) is 6.54 Å². The van der Waals surface area contributed by atoms with E-state index in [0.29, 0.717) is 0 Å². The predicted molar refractivity (Wildman–Crippen MR) is 72.1 cm³/mol. The van der Waals surface area contributed by atoms with Gasteiger partial charge in [-0.2, -0.15) is 5.10 Å². The summed E-state index contributed by atoms with van der Waals surface area (Å²) in [6.45, 7) is 2.84. The van der Waals surface area contributed by atoms with E-state index >= 15 is 0 Å². The Kier molecular flexibility index (Phi) is 3.92. The van der Waals surface area contributed by atoms with E-state index in [1.54, 1.807) is 0 Å². The molecule has 86 valence electrons. The summed E-state index contributed by atoms with van der Waals surface area (Å²) in [6.07, 6.45) is 1.86. The molecule has 0 spiro atoms. The summed E-state index contributed by atoms with van der Waals surface area (Å²) in [7, 11) is 0. The fraction of sp³-hybridized carbons (Fsp3) is 0.133. The highest BCUT2D eigenvalue weighted by atomic mass is 15.3. The van der Waals surface area contributed by atoms with E-state index in [2.05, 4.69) is 41.7 Å². The Bertz CT molecular complexity index is 489. The van der Waals surface area contributed by atoms with Gasteiger partial charge in [0.05, 0.1) is 12.8 Å². The molecular formula is C15H16N2. The van der Waals surface area contributed by atoms with Gasteiger partial charge in [-0.3, -0.25) is 0 Å². The number of nitrogens with one attached hydrogen (secondary N) is 1. The second kappa shape index (κ2) is 5.85. The van der Waals surface area contributed by atoms with E-state index in [4.69, 9.17) is 0 Å². The summed E-state index contributed by atoms with van der Waals surface area (Å²) in [5.41, 5.74) is 6.66. The summed E-state index contributed by atoms with van der Waals surface area (Å²) in [5, 5.41) is 4.22. The summed E-state index contributed by atoms with van der Waals surface area (Å²) in [4.78, 5) is 0. The van der Waals surface area contributed by atoms with Gasteiger partial charge in [0.25, 0.3) is 0 Å². The van der Waals surface area contributed by atoms with Crippen molar-refractivity contribution in [3.05, 3.63) is 71.3 Å².